The molecule has 0 radical (unpaired) electrons. The lowest BCUT2D eigenvalue weighted by Gasteiger charge is -2.26. The highest BCUT2D eigenvalue weighted by molar-refractivity contribution is 7.92. The van der Waals surface area contributed by atoms with Gasteiger partial charge in [0, 0.05) is 43.5 Å². The number of benzene rings is 3. The van der Waals surface area contributed by atoms with E-state index in [9.17, 15) is 22.8 Å². The minimum Gasteiger partial charge on any atom is -0.347 e. The average molecular weight is 688 g/mol. The molecule has 0 spiro atoms. The Morgan fingerprint density at radius 3 is 2.02 bits per heavy atom. The van der Waals surface area contributed by atoms with Gasteiger partial charge in [0.1, 0.15) is 0 Å². The maximum atomic E-state index is 13.9. The van der Waals surface area contributed by atoms with Gasteiger partial charge in [0.25, 0.3) is 17.7 Å². The second-order valence-corrected chi connectivity index (χ2v) is 14.0. The van der Waals surface area contributed by atoms with Crippen molar-refractivity contribution in [1.29, 1.82) is 0 Å². The molecule has 49 heavy (non-hydrogen) atoms. The molecule has 260 valence electrons. The van der Waals surface area contributed by atoms with Crippen LogP contribution in [0.1, 0.15) is 69.0 Å². The molecule has 3 atom stereocenters. The predicted octanol–water partition coefficient (Wildman–Crippen LogP) is 3.62. The van der Waals surface area contributed by atoms with Gasteiger partial charge >= 0.3 is 0 Å². The third kappa shape index (κ3) is 9.77. The number of nitrogens with two attached hydrogens (primary N) is 1. The SMILES string of the molecule is CCN(CC)C(=O)c1cnn(C[C@H](N)[C@H](Cc2ccccc2)NC(=O)c2cc(C(=O)N[C@H](C)c3ccccc3)cc(N(C)S(C)(=O)=O)c2)c1. The standard InChI is InChI=1S/C36H45N7O5S/c1-6-42(7-2)36(46)30-22-38-43(23-30)24-32(37)33(18-26-14-10-8-11-15-26)40-35(45)29-19-28(20-31(21-29)41(4)49(5,47)48)34(44)39-25(3)27-16-12-9-13-17-27/h8-17,19-23,25,32-33H,6-7,18,24,37H2,1-5H3,(H,39,44)(H,40,45)/t25-,32+,33+/m1/s1. The van der Waals surface area contributed by atoms with Crippen molar-refractivity contribution in [2.75, 3.05) is 30.7 Å². The third-order valence-corrected chi connectivity index (χ3v) is 9.62. The summed E-state index contributed by atoms with van der Waals surface area (Å²) < 4.78 is 27.6. The molecule has 1 aromatic heterocycles. The number of sulfonamides is 1. The maximum absolute atomic E-state index is 13.9. The van der Waals surface area contributed by atoms with Crippen molar-refractivity contribution in [3.8, 4) is 0 Å². The zero-order valence-electron chi connectivity index (χ0n) is 28.5. The van der Waals surface area contributed by atoms with Gasteiger partial charge in [-0.05, 0) is 56.5 Å². The van der Waals surface area contributed by atoms with Gasteiger partial charge in [0.15, 0.2) is 0 Å². The molecule has 0 saturated carbocycles. The van der Waals surface area contributed by atoms with E-state index in [0.717, 1.165) is 21.7 Å². The molecule has 0 bridgehead atoms. The fraction of sp³-hybridized carbons (Fsp3) is 0.333. The van der Waals surface area contributed by atoms with Crippen LogP contribution in [0, 0.1) is 0 Å². The van der Waals surface area contributed by atoms with E-state index >= 15 is 0 Å². The fourth-order valence-corrected chi connectivity index (χ4v) is 5.88. The van der Waals surface area contributed by atoms with E-state index in [1.165, 1.54) is 31.4 Å². The van der Waals surface area contributed by atoms with Crippen LogP contribution < -0.4 is 20.7 Å². The van der Waals surface area contributed by atoms with E-state index in [1.807, 2.05) is 81.4 Å². The van der Waals surface area contributed by atoms with Crippen LogP contribution in [-0.4, -0.2) is 79.3 Å². The molecule has 12 nitrogen and oxygen atoms in total. The highest BCUT2D eigenvalue weighted by Gasteiger charge is 2.25. The molecule has 0 aliphatic rings. The molecular formula is C36H45N7O5S. The second-order valence-electron chi connectivity index (χ2n) is 12.0. The number of aromatic nitrogens is 2. The zero-order valence-corrected chi connectivity index (χ0v) is 29.4. The highest BCUT2D eigenvalue weighted by atomic mass is 32.2. The van der Waals surface area contributed by atoms with Crippen molar-refractivity contribution in [2.24, 2.45) is 5.73 Å². The van der Waals surface area contributed by atoms with Gasteiger partial charge in [-0.15, -0.1) is 0 Å². The number of amides is 3. The van der Waals surface area contributed by atoms with E-state index in [2.05, 4.69) is 15.7 Å². The van der Waals surface area contributed by atoms with Crippen LogP contribution >= 0.6 is 0 Å². The summed E-state index contributed by atoms with van der Waals surface area (Å²) >= 11 is 0. The first-order valence-electron chi connectivity index (χ1n) is 16.2. The van der Waals surface area contributed by atoms with Crippen LogP contribution in [0.25, 0.3) is 0 Å². The number of hydrogen-bond donors (Lipinski definition) is 3. The van der Waals surface area contributed by atoms with Gasteiger partial charge in [-0.25, -0.2) is 8.42 Å². The first-order valence-corrected chi connectivity index (χ1v) is 18.0. The number of nitrogens with zero attached hydrogens (tertiary/aromatic N) is 4. The summed E-state index contributed by atoms with van der Waals surface area (Å²) in [6.07, 6.45) is 4.58. The largest absolute Gasteiger partial charge is 0.347 e. The highest BCUT2D eigenvalue weighted by Crippen LogP contribution is 2.22. The van der Waals surface area contributed by atoms with Gasteiger partial charge in [0.05, 0.1) is 42.3 Å². The molecule has 0 saturated heterocycles. The van der Waals surface area contributed by atoms with Crippen LogP contribution in [0.15, 0.2) is 91.3 Å². The van der Waals surface area contributed by atoms with Crippen molar-refractivity contribution in [3.05, 3.63) is 119 Å². The summed E-state index contributed by atoms with van der Waals surface area (Å²) in [5, 5.41) is 10.3. The Morgan fingerprint density at radius 2 is 1.45 bits per heavy atom. The van der Waals surface area contributed by atoms with Gasteiger partial charge in [-0.3, -0.25) is 23.4 Å². The van der Waals surface area contributed by atoms with E-state index in [0.29, 0.717) is 25.1 Å². The summed E-state index contributed by atoms with van der Waals surface area (Å²) in [4.78, 5) is 41.9. The Morgan fingerprint density at radius 1 is 0.878 bits per heavy atom. The topological polar surface area (TPSA) is 160 Å². The van der Waals surface area contributed by atoms with Gasteiger partial charge in [0.2, 0.25) is 10.0 Å². The lowest BCUT2D eigenvalue weighted by molar-refractivity contribution is 0.0772. The minimum absolute atomic E-state index is 0.0852. The number of nitrogens with one attached hydrogen (secondary N) is 2. The monoisotopic (exact) mass is 687 g/mol. The van der Waals surface area contributed by atoms with Gasteiger partial charge in [-0.2, -0.15) is 5.10 Å². The van der Waals surface area contributed by atoms with Crippen molar-refractivity contribution in [1.82, 2.24) is 25.3 Å². The summed E-state index contributed by atoms with van der Waals surface area (Å²) in [5.74, 6) is -1.14. The summed E-state index contributed by atoms with van der Waals surface area (Å²) in [5.41, 5.74) is 9.34. The number of rotatable bonds is 15. The quantitative estimate of drug-likeness (QED) is 0.172. The van der Waals surface area contributed by atoms with E-state index < -0.39 is 33.9 Å². The first-order chi connectivity index (χ1) is 23.3. The molecule has 1 heterocycles. The molecule has 0 aliphatic heterocycles. The molecule has 0 fully saturated rings. The van der Waals surface area contributed by atoms with Crippen LogP contribution in [0.3, 0.4) is 0 Å². The van der Waals surface area contributed by atoms with Crippen molar-refractivity contribution >= 4 is 33.4 Å². The summed E-state index contributed by atoms with van der Waals surface area (Å²) in [6.45, 7) is 7.00. The maximum Gasteiger partial charge on any atom is 0.257 e. The van der Waals surface area contributed by atoms with Crippen LogP contribution in [-0.2, 0) is 23.0 Å². The van der Waals surface area contributed by atoms with Gasteiger partial charge in [-0.1, -0.05) is 60.7 Å². The van der Waals surface area contributed by atoms with Crippen molar-refractivity contribution < 1.29 is 22.8 Å². The van der Waals surface area contributed by atoms with Gasteiger partial charge < -0.3 is 21.3 Å². The number of hydrogen-bond acceptors (Lipinski definition) is 7. The molecule has 4 aromatic rings. The molecule has 4 N–H and O–H groups in total. The number of anilines is 1. The number of carbonyl (C=O) groups is 3. The summed E-state index contributed by atoms with van der Waals surface area (Å²) in [7, 11) is -2.36. The lowest BCUT2D eigenvalue weighted by Crippen LogP contribution is -2.51. The molecular weight excluding hydrogens is 643 g/mol. The first kappa shape index (κ1) is 36.8. The zero-order chi connectivity index (χ0) is 35.7. The van der Waals surface area contributed by atoms with E-state index in [1.54, 1.807) is 15.8 Å². The average Bonchev–Trinajstić information content (AvgIpc) is 3.56. The molecule has 3 amide bonds. The Bertz CT molecular complexity index is 1840. The van der Waals surface area contributed by atoms with E-state index in [4.69, 9.17) is 5.73 Å². The Kier molecular flexibility index (Phi) is 12.3. The molecule has 13 heteroatoms. The Hall–Kier alpha value is -5.01. The smallest absolute Gasteiger partial charge is 0.257 e. The van der Waals surface area contributed by atoms with Crippen LogP contribution in [0.2, 0.25) is 0 Å². The summed E-state index contributed by atoms with van der Waals surface area (Å²) in [6, 6.07) is 21.6. The fourth-order valence-electron chi connectivity index (χ4n) is 5.39. The molecule has 3 aromatic carbocycles. The molecule has 0 aliphatic carbocycles. The number of carbonyl (C=O) groups excluding carboxylic acids is 3. The van der Waals surface area contributed by atoms with Crippen LogP contribution in [0.5, 0.6) is 0 Å². The lowest BCUT2D eigenvalue weighted by atomic mass is 9.98. The van der Waals surface area contributed by atoms with E-state index in [-0.39, 0.29) is 35.3 Å². The molecule has 4 rings (SSSR count). The normalized spacial score (nSPS) is 13.2. The Labute approximate surface area is 288 Å². The minimum atomic E-state index is -3.72. The Balaban J connectivity index is 1.63. The van der Waals surface area contributed by atoms with Crippen molar-refractivity contribution in [2.45, 2.75) is 51.9 Å². The third-order valence-electron chi connectivity index (χ3n) is 8.41. The second kappa shape index (κ2) is 16.4. The predicted molar refractivity (Wildman–Crippen MR) is 191 cm³/mol. The van der Waals surface area contributed by atoms with Crippen LogP contribution in [0.4, 0.5) is 5.69 Å². The van der Waals surface area contributed by atoms with Crippen molar-refractivity contribution in [3.63, 3.8) is 0 Å². The molecule has 0 unspecified atom stereocenters.